The van der Waals surface area contributed by atoms with E-state index in [-0.39, 0.29) is 12.1 Å². The second kappa shape index (κ2) is 6.80. The Balaban J connectivity index is 1.33. The molecule has 1 aromatic carbocycles. The molecule has 2 amide bonds. The SMILES string of the molecule is Cc1ncc(NC(=O)NC[C@@H]2Cc3ccccc3CO2)c(C2CC2)n1. The minimum Gasteiger partial charge on any atom is -0.371 e. The van der Waals surface area contributed by atoms with Crippen LogP contribution in [-0.2, 0) is 17.8 Å². The zero-order valence-electron chi connectivity index (χ0n) is 14.3. The van der Waals surface area contributed by atoms with Gasteiger partial charge in [-0.3, -0.25) is 0 Å². The minimum absolute atomic E-state index is 0.00202. The molecular weight excluding hydrogens is 316 g/mol. The minimum atomic E-state index is -0.239. The summed E-state index contributed by atoms with van der Waals surface area (Å²) >= 11 is 0. The molecule has 2 aliphatic rings. The molecule has 2 heterocycles. The van der Waals surface area contributed by atoms with Crippen molar-refractivity contribution in [2.24, 2.45) is 0 Å². The van der Waals surface area contributed by atoms with E-state index in [0.717, 1.165) is 30.8 Å². The summed E-state index contributed by atoms with van der Waals surface area (Å²) in [6.45, 7) is 2.95. The quantitative estimate of drug-likeness (QED) is 0.899. The topological polar surface area (TPSA) is 76.1 Å². The van der Waals surface area contributed by atoms with Crippen LogP contribution < -0.4 is 10.6 Å². The van der Waals surface area contributed by atoms with Gasteiger partial charge in [0.2, 0.25) is 0 Å². The van der Waals surface area contributed by atoms with Crippen molar-refractivity contribution in [3.05, 3.63) is 53.1 Å². The molecular formula is C19H22N4O2. The Bertz CT molecular complexity index is 789. The lowest BCUT2D eigenvalue weighted by Gasteiger charge is -2.25. The van der Waals surface area contributed by atoms with Crippen LogP contribution in [0.2, 0.25) is 0 Å². The summed E-state index contributed by atoms with van der Waals surface area (Å²) in [6.07, 6.45) is 4.77. The molecule has 6 heteroatoms. The van der Waals surface area contributed by atoms with Crippen molar-refractivity contribution in [2.75, 3.05) is 11.9 Å². The zero-order valence-corrected chi connectivity index (χ0v) is 14.3. The predicted octanol–water partition coefficient (Wildman–Crippen LogP) is 2.93. The Kier molecular flexibility index (Phi) is 4.36. The lowest BCUT2D eigenvalue weighted by molar-refractivity contribution is 0.0308. The maximum atomic E-state index is 12.2. The number of amides is 2. The Morgan fingerprint density at radius 1 is 1.28 bits per heavy atom. The third-order valence-electron chi connectivity index (χ3n) is 4.68. The third kappa shape index (κ3) is 3.79. The van der Waals surface area contributed by atoms with Crippen molar-refractivity contribution in [1.29, 1.82) is 0 Å². The first kappa shape index (κ1) is 16.0. The largest absolute Gasteiger partial charge is 0.371 e. The maximum absolute atomic E-state index is 12.2. The van der Waals surface area contributed by atoms with Crippen LogP contribution in [0, 0.1) is 6.92 Å². The van der Waals surface area contributed by atoms with Crippen LogP contribution >= 0.6 is 0 Å². The molecule has 25 heavy (non-hydrogen) atoms. The van der Waals surface area contributed by atoms with Gasteiger partial charge in [0, 0.05) is 18.9 Å². The zero-order chi connectivity index (χ0) is 17.2. The van der Waals surface area contributed by atoms with Crippen molar-refractivity contribution >= 4 is 11.7 Å². The monoisotopic (exact) mass is 338 g/mol. The van der Waals surface area contributed by atoms with Gasteiger partial charge in [-0.15, -0.1) is 0 Å². The average molecular weight is 338 g/mol. The number of hydrogen-bond acceptors (Lipinski definition) is 4. The molecule has 0 unspecified atom stereocenters. The van der Waals surface area contributed by atoms with E-state index in [2.05, 4.69) is 32.7 Å². The number of aromatic nitrogens is 2. The van der Waals surface area contributed by atoms with Gasteiger partial charge >= 0.3 is 6.03 Å². The summed E-state index contributed by atoms with van der Waals surface area (Å²) < 4.78 is 5.83. The lowest BCUT2D eigenvalue weighted by atomic mass is 9.99. The molecule has 130 valence electrons. The van der Waals surface area contributed by atoms with E-state index in [1.807, 2.05) is 19.1 Å². The van der Waals surface area contributed by atoms with Gasteiger partial charge < -0.3 is 15.4 Å². The third-order valence-corrected chi connectivity index (χ3v) is 4.68. The van der Waals surface area contributed by atoms with Crippen LogP contribution in [0.3, 0.4) is 0 Å². The summed E-state index contributed by atoms with van der Waals surface area (Å²) in [5, 5.41) is 5.79. The second-order valence-corrected chi connectivity index (χ2v) is 6.73. The fourth-order valence-corrected chi connectivity index (χ4v) is 3.17. The normalized spacial score (nSPS) is 19.2. The van der Waals surface area contributed by atoms with Gasteiger partial charge in [0.15, 0.2) is 0 Å². The smallest absolute Gasteiger partial charge is 0.319 e. The number of carbonyl (C=O) groups is 1. The van der Waals surface area contributed by atoms with E-state index in [1.54, 1.807) is 6.20 Å². The van der Waals surface area contributed by atoms with Crippen molar-refractivity contribution in [2.45, 2.75) is 44.8 Å². The summed E-state index contributed by atoms with van der Waals surface area (Å²) in [7, 11) is 0. The van der Waals surface area contributed by atoms with Crippen molar-refractivity contribution in [3.8, 4) is 0 Å². The standard InChI is InChI=1S/C19H22N4O2/c1-12-20-10-17(18(22-12)13-6-7-13)23-19(24)21-9-16-8-14-4-2-3-5-15(14)11-25-16/h2-5,10,13,16H,6-9,11H2,1H3,(H2,21,23,24)/t16-/m0/s1. The van der Waals surface area contributed by atoms with E-state index in [4.69, 9.17) is 4.74 Å². The molecule has 0 radical (unpaired) electrons. The van der Waals surface area contributed by atoms with E-state index < -0.39 is 0 Å². The van der Waals surface area contributed by atoms with Gasteiger partial charge in [-0.25, -0.2) is 14.8 Å². The van der Waals surface area contributed by atoms with Crippen LogP contribution in [0.1, 0.15) is 41.4 Å². The Labute approximate surface area is 147 Å². The van der Waals surface area contributed by atoms with E-state index in [9.17, 15) is 4.79 Å². The molecule has 2 N–H and O–H groups in total. The van der Waals surface area contributed by atoms with Gasteiger partial charge in [0.05, 0.1) is 30.3 Å². The van der Waals surface area contributed by atoms with E-state index in [0.29, 0.717) is 24.8 Å². The highest BCUT2D eigenvalue weighted by molar-refractivity contribution is 5.89. The molecule has 0 saturated heterocycles. The first-order valence-corrected chi connectivity index (χ1v) is 8.76. The molecule has 1 aliphatic heterocycles. The highest BCUT2D eigenvalue weighted by atomic mass is 16.5. The molecule has 6 nitrogen and oxygen atoms in total. The Hall–Kier alpha value is -2.47. The van der Waals surface area contributed by atoms with Gasteiger partial charge in [-0.05, 0) is 30.9 Å². The number of hydrogen-bond donors (Lipinski definition) is 2. The highest BCUT2D eigenvalue weighted by Gasteiger charge is 2.28. The molecule has 1 saturated carbocycles. The number of nitrogens with one attached hydrogen (secondary N) is 2. The van der Waals surface area contributed by atoms with E-state index in [1.165, 1.54) is 11.1 Å². The fraction of sp³-hybridized carbons (Fsp3) is 0.421. The first-order valence-electron chi connectivity index (χ1n) is 8.76. The first-order chi connectivity index (χ1) is 12.2. The molecule has 1 fully saturated rings. The van der Waals surface area contributed by atoms with Crippen LogP contribution in [0.5, 0.6) is 0 Å². The number of nitrogens with zero attached hydrogens (tertiary/aromatic N) is 2. The number of aryl methyl sites for hydroxylation is 1. The van der Waals surface area contributed by atoms with Crippen LogP contribution in [0.25, 0.3) is 0 Å². The average Bonchev–Trinajstić information content (AvgIpc) is 3.46. The van der Waals surface area contributed by atoms with Gasteiger partial charge in [0.25, 0.3) is 0 Å². The van der Waals surface area contributed by atoms with Gasteiger partial charge in [0.1, 0.15) is 5.82 Å². The molecule has 0 bridgehead atoms. The van der Waals surface area contributed by atoms with Crippen molar-refractivity contribution in [3.63, 3.8) is 0 Å². The molecule has 1 aromatic heterocycles. The van der Waals surface area contributed by atoms with Gasteiger partial charge in [-0.2, -0.15) is 0 Å². The summed E-state index contributed by atoms with van der Waals surface area (Å²) in [5.74, 6) is 1.19. The highest BCUT2D eigenvalue weighted by Crippen LogP contribution is 2.42. The Morgan fingerprint density at radius 2 is 2.08 bits per heavy atom. The summed E-state index contributed by atoms with van der Waals surface area (Å²) in [4.78, 5) is 20.9. The molecule has 1 aliphatic carbocycles. The molecule has 1 atom stereocenters. The number of carbonyl (C=O) groups excluding carboxylic acids is 1. The second-order valence-electron chi connectivity index (χ2n) is 6.73. The van der Waals surface area contributed by atoms with Crippen molar-refractivity contribution < 1.29 is 9.53 Å². The van der Waals surface area contributed by atoms with Crippen molar-refractivity contribution in [1.82, 2.24) is 15.3 Å². The Morgan fingerprint density at radius 3 is 2.88 bits per heavy atom. The fourth-order valence-electron chi connectivity index (χ4n) is 3.17. The van der Waals surface area contributed by atoms with E-state index >= 15 is 0 Å². The van der Waals surface area contributed by atoms with Crippen LogP contribution in [-0.4, -0.2) is 28.6 Å². The van der Waals surface area contributed by atoms with Crippen LogP contribution in [0.15, 0.2) is 30.5 Å². The number of fused-ring (bicyclic) bond motifs is 1. The summed E-state index contributed by atoms with van der Waals surface area (Å²) in [6, 6.07) is 8.03. The number of urea groups is 1. The maximum Gasteiger partial charge on any atom is 0.319 e. The number of anilines is 1. The number of rotatable bonds is 4. The number of ether oxygens (including phenoxy) is 1. The predicted molar refractivity (Wildman–Crippen MR) is 94.5 cm³/mol. The molecule has 4 rings (SSSR count). The summed E-state index contributed by atoms with van der Waals surface area (Å²) in [5.41, 5.74) is 4.18. The van der Waals surface area contributed by atoms with Gasteiger partial charge in [-0.1, -0.05) is 24.3 Å². The molecule has 0 spiro atoms. The lowest BCUT2D eigenvalue weighted by Crippen LogP contribution is -2.39. The van der Waals surface area contributed by atoms with Crippen LogP contribution in [0.4, 0.5) is 10.5 Å². The number of benzene rings is 1. The molecule has 2 aromatic rings.